The first-order chi connectivity index (χ1) is 6.88. The second kappa shape index (κ2) is 6.43. The Balaban J connectivity index is 4.47. The molecule has 0 aromatic carbocycles. The maximum atomic E-state index is 11.6. The fourth-order valence-electron chi connectivity index (χ4n) is 1.34. The van der Waals surface area contributed by atoms with Gasteiger partial charge in [0.1, 0.15) is 0 Å². The van der Waals surface area contributed by atoms with Gasteiger partial charge in [-0.05, 0) is 11.8 Å². The Bertz CT molecular complexity index is 214. The van der Waals surface area contributed by atoms with E-state index in [1.54, 1.807) is 4.90 Å². The molecule has 0 aliphatic carbocycles. The van der Waals surface area contributed by atoms with Crippen LogP contribution < -0.4 is 0 Å². The van der Waals surface area contributed by atoms with Gasteiger partial charge in [-0.3, -0.25) is 4.79 Å². The molecule has 0 unspecified atom stereocenters. The third kappa shape index (κ3) is 5.40. The first-order valence-electron chi connectivity index (χ1n) is 5.25. The van der Waals surface area contributed by atoms with Crippen LogP contribution in [0.2, 0.25) is 0 Å². The van der Waals surface area contributed by atoms with Crippen LogP contribution in [0, 0.1) is 11.8 Å². The second-order valence-corrected chi connectivity index (χ2v) is 4.49. The molecule has 0 saturated heterocycles. The van der Waals surface area contributed by atoms with Crippen molar-refractivity contribution in [2.45, 2.75) is 27.7 Å². The van der Waals surface area contributed by atoms with Crippen LogP contribution in [-0.2, 0) is 14.3 Å². The molecule has 0 heterocycles. The quantitative estimate of drug-likeness (QED) is 0.524. The molecule has 88 valence electrons. The lowest BCUT2D eigenvalue weighted by molar-refractivity contribution is -0.158. The molecule has 0 atom stereocenters. The van der Waals surface area contributed by atoms with Crippen LogP contribution in [-0.4, -0.2) is 37.0 Å². The van der Waals surface area contributed by atoms with Crippen molar-refractivity contribution < 1.29 is 14.3 Å². The summed E-state index contributed by atoms with van der Waals surface area (Å²) < 4.78 is 4.43. The van der Waals surface area contributed by atoms with Gasteiger partial charge in [0.25, 0.3) is 0 Å². The van der Waals surface area contributed by atoms with Crippen molar-refractivity contribution in [3.63, 3.8) is 0 Å². The molecular weight excluding hydrogens is 194 g/mol. The summed E-state index contributed by atoms with van der Waals surface area (Å²) >= 11 is 0. The van der Waals surface area contributed by atoms with E-state index >= 15 is 0 Å². The summed E-state index contributed by atoms with van der Waals surface area (Å²) in [5.41, 5.74) is 0. The van der Waals surface area contributed by atoms with E-state index in [2.05, 4.69) is 4.74 Å². The van der Waals surface area contributed by atoms with Gasteiger partial charge < -0.3 is 9.64 Å². The van der Waals surface area contributed by atoms with Crippen molar-refractivity contribution in [1.82, 2.24) is 4.90 Å². The molecule has 0 bridgehead atoms. The summed E-state index contributed by atoms with van der Waals surface area (Å²) in [7, 11) is 1.23. The minimum atomic E-state index is -0.781. The molecule has 0 rings (SSSR count). The fourth-order valence-corrected chi connectivity index (χ4v) is 1.34. The molecule has 0 fully saturated rings. The van der Waals surface area contributed by atoms with E-state index in [9.17, 15) is 9.59 Å². The number of esters is 1. The molecular formula is C11H21NO3. The predicted molar refractivity (Wildman–Crippen MR) is 58.3 cm³/mol. The zero-order valence-corrected chi connectivity index (χ0v) is 10.2. The van der Waals surface area contributed by atoms with E-state index in [1.807, 2.05) is 27.7 Å². The van der Waals surface area contributed by atoms with Crippen LogP contribution in [0.5, 0.6) is 0 Å². The van der Waals surface area contributed by atoms with E-state index < -0.39 is 11.9 Å². The van der Waals surface area contributed by atoms with E-state index in [0.717, 1.165) is 0 Å². The number of carbonyl (C=O) groups excluding carboxylic acids is 2. The molecule has 0 aromatic rings. The van der Waals surface area contributed by atoms with E-state index in [0.29, 0.717) is 24.9 Å². The molecule has 1 amide bonds. The van der Waals surface area contributed by atoms with Gasteiger partial charge >= 0.3 is 11.9 Å². The monoisotopic (exact) mass is 215 g/mol. The second-order valence-electron chi connectivity index (χ2n) is 4.49. The van der Waals surface area contributed by atoms with Crippen LogP contribution in [0.4, 0.5) is 0 Å². The standard InChI is InChI=1S/C11H21NO3/c1-8(2)6-12(7-9(3)4)10(13)11(14)15-5/h8-9H,6-7H2,1-5H3. The van der Waals surface area contributed by atoms with Crippen molar-refractivity contribution in [2.75, 3.05) is 20.2 Å². The van der Waals surface area contributed by atoms with Gasteiger partial charge in [0, 0.05) is 13.1 Å². The topological polar surface area (TPSA) is 46.6 Å². The number of nitrogens with zero attached hydrogens (tertiary/aromatic N) is 1. The average molecular weight is 215 g/mol. The average Bonchev–Trinajstić information content (AvgIpc) is 2.13. The summed E-state index contributed by atoms with van der Waals surface area (Å²) in [6.07, 6.45) is 0. The van der Waals surface area contributed by atoms with Gasteiger partial charge in [-0.25, -0.2) is 4.79 Å². The van der Waals surface area contributed by atoms with Gasteiger partial charge in [-0.15, -0.1) is 0 Å². The molecule has 4 nitrogen and oxygen atoms in total. The molecule has 4 heteroatoms. The molecule has 0 aliphatic rings. The highest BCUT2D eigenvalue weighted by molar-refractivity contribution is 6.32. The van der Waals surface area contributed by atoms with Crippen molar-refractivity contribution in [1.29, 1.82) is 0 Å². The van der Waals surface area contributed by atoms with E-state index in [1.165, 1.54) is 7.11 Å². The number of hydrogen-bond acceptors (Lipinski definition) is 3. The highest BCUT2D eigenvalue weighted by atomic mass is 16.5. The minimum absolute atomic E-state index is 0.345. The molecule has 15 heavy (non-hydrogen) atoms. The first kappa shape index (κ1) is 13.9. The minimum Gasteiger partial charge on any atom is -0.462 e. The number of ether oxygens (including phenoxy) is 1. The zero-order valence-electron chi connectivity index (χ0n) is 10.2. The Morgan fingerprint density at radius 1 is 1.07 bits per heavy atom. The SMILES string of the molecule is COC(=O)C(=O)N(CC(C)C)CC(C)C. The number of carbonyl (C=O) groups is 2. The van der Waals surface area contributed by atoms with Crippen molar-refractivity contribution in [3.8, 4) is 0 Å². The van der Waals surface area contributed by atoms with Gasteiger partial charge in [0.15, 0.2) is 0 Å². The van der Waals surface area contributed by atoms with Crippen LogP contribution >= 0.6 is 0 Å². The highest BCUT2D eigenvalue weighted by Gasteiger charge is 2.23. The normalized spacial score (nSPS) is 10.6. The van der Waals surface area contributed by atoms with Crippen molar-refractivity contribution in [2.24, 2.45) is 11.8 Å². The molecule has 0 N–H and O–H groups in total. The van der Waals surface area contributed by atoms with Crippen molar-refractivity contribution >= 4 is 11.9 Å². The fraction of sp³-hybridized carbons (Fsp3) is 0.818. The molecule has 0 saturated carbocycles. The first-order valence-corrected chi connectivity index (χ1v) is 5.25. The zero-order chi connectivity index (χ0) is 12.0. The van der Waals surface area contributed by atoms with E-state index in [4.69, 9.17) is 0 Å². The lowest BCUT2D eigenvalue weighted by Crippen LogP contribution is -2.41. The van der Waals surface area contributed by atoms with Gasteiger partial charge in [0.2, 0.25) is 0 Å². The predicted octanol–water partition coefficient (Wildman–Crippen LogP) is 1.30. The Kier molecular flexibility index (Phi) is 5.97. The highest BCUT2D eigenvalue weighted by Crippen LogP contribution is 2.04. The lowest BCUT2D eigenvalue weighted by Gasteiger charge is -2.24. The maximum absolute atomic E-state index is 11.6. The van der Waals surface area contributed by atoms with Crippen molar-refractivity contribution in [3.05, 3.63) is 0 Å². The molecule has 0 aromatic heterocycles. The van der Waals surface area contributed by atoms with Crippen LogP contribution in [0.1, 0.15) is 27.7 Å². The molecule has 0 radical (unpaired) electrons. The summed E-state index contributed by atoms with van der Waals surface area (Å²) in [5, 5.41) is 0. The Labute approximate surface area is 91.6 Å². The summed E-state index contributed by atoms with van der Waals surface area (Å²) in [6, 6.07) is 0. The van der Waals surface area contributed by atoms with Crippen LogP contribution in [0.25, 0.3) is 0 Å². The van der Waals surface area contributed by atoms with Crippen LogP contribution in [0.15, 0.2) is 0 Å². The van der Waals surface area contributed by atoms with Gasteiger partial charge in [-0.1, -0.05) is 27.7 Å². The third-order valence-corrected chi connectivity index (χ3v) is 1.82. The molecule has 0 spiro atoms. The Morgan fingerprint density at radius 2 is 1.47 bits per heavy atom. The van der Waals surface area contributed by atoms with Gasteiger partial charge in [-0.2, -0.15) is 0 Å². The number of hydrogen-bond donors (Lipinski definition) is 0. The third-order valence-electron chi connectivity index (χ3n) is 1.82. The summed E-state index contributed by atoms with van der Waals surface area (Å²) in [6.45, 7) is 9.23. The summed E-state index contributed by atoms with van der Waals surface area (Å²) in [4.78, 5) is 24.3. The van der Waals surface area contributed by atoms with E-state index in [-0.39, 0.29) is 0 Å². The Morgan fingerprint density at radius 3 is 1.73 bits per heavy atom. The maximum Gasteiger partial charge on any atom is 0.396 e. The number of rotatable bonds is 4. The smallest absolute Gasteiger partial charge is 0.396 e. The van der Waals surface area contributed by atoms with Crippen LogP contribution in [0.3, 0.4) is 0 Å². The number of methoxy groups -OCH3 is 1. The van der Waals surface area contributed by atoms with Gasteiger partial charge in [0.05, 0.1) is 7.11 Å². The largest absolute Gasteiger partial charge is 0.462 e. The summed E-state index contributed by atoms with van der Waals surface area (Å²) in [5.74, 6) is -0.633. The Hall–Kier alpha value is -1.06. The number of amides is 1. The molecule has 0 aliphatic heterocycles. The lowest BCUT2D eigenvalue weighted by atomic mass is 10.1.